The third-order valence-corrected chi connectivity index (χ3v) is 4.64. The van der Waals surface area contributed by atoms with E-state index in [-0.39, 0.29) is 12.6 Å². The number of rotatable bonds is 3. The Morgan fingerprint density at radius 2 is 2.10 bits per heavy atom. The lowest BCUT2D eigenvalue weighted by molar-refractivity contribution is 0.137. The van der Waals surface area contributed by atoms with E-state index in [2.05, 4.69) is 5.32 Å². The molecule has 2 heterocycles. The zero-order valence-electron chi connectivity index (χ0n) is 11.4. The van der Waals surface area contributed by atoms with Gasteiger partial charge in [0.1, 0.15) is 5.15 Å². The van der Waals surface area contributed by atoms with Gasteiger partial charge in [-0.15, -0.1) is 0 Å². The van der Waals surface area contributed by atoms with Crippen LogP contribution in [-0.2, 0) is 13.6 Å². The molecule has 1 aliphatic rings. The molecule has 20 heavy (non-hydrogen) atoms. The number of nitrogens with one attached hydrogen (secondary N) is 1. The Hall–Kier alpha value is -0.910. The molecule has 0 atom stereocenters. The van der Waals surface area contributed by atoms with Gasteiger partial charge in [0.25, 0.3) is 0 Å². The van der Waals surface area contributed by atoms with Crippen LogP contribution in [0.1, 0.15) is 18.5 Å². The van der Waals surface area contributed by atoms with Gasteiger partial charge in [0, 0.05) is 32.4 Å². The van der Waals surface area contributed by atoms with Crippen molar-refractivity contribution in [3.8, 4) is 0 Å². The number of amides is 2. The zero-order chi connectivity index (χ0) is 14.7. The molecule has 1 aromatic heterocycles. The average molecular weight is 320 g/mol. The summed E-state index contributed by atoms with van der Waals surface area (Å²) >= 11 is 11.9. The van der Waals surface area contributed by atoms with Gasteiger partial charge in [-0.2, -0.15) is 0 Å². The molecule has 0 radical (unpaired) electrons. The summed E-state index contributed by atoms with van der Waals surface area (Å²) in [6.07, 6.45) is 1.71. The Kier molecular flexibility index (Phi) is 5.18. The first-order chi connectivity index (χ1) is 9.52. The molecule has 0 aromatic carbocycles. The van der Waals surface area contributed by atoms with Crippen molar-refractivity contribution in [1.82, 2.24) is 14.8 Å². The first-order valence-corrected chi connectivity index (χ1v) is 7.41. The van der Waals surface area contributed by atoms with E-state index in [0.29, 0.717) is 35.7 Å². The van der Waals surface area contributed by atoms with Gasteiger partial charge >= 0.3 is 6.03 Å². The van der Waals surface area contributed by atoms with Gasteiger partial charge in [0.2, 0.25) is 0 Å². The lowest BCUT2D eigenvalue weighted by Crippen LogP contribution is -2.44. The Labute approximate surface area is 128 Å². The summed E-state index contributed by atoms with van der Waals surface area (Å²) in [6.45, 7) is 1.97. The smallest absolute Gasteiger partial charge is 0.317 e. The molecule has 5 nitrogen and oxygen atoms in total. The van der Waals surface area contributed by atoms with E-state index < -0.39 is 0 Å². The van der Waals surface area contributed by atoms with Gasteiger partial charge < -0.3 is 19.9 Å². The molecule has 1 aliphatic heterocycles. The number of piperidine rings is 1. The van der Waals surface area contributed by atoms with Crippen molar-refractivity contribution in [3.63, 3.8) is 0 Å². The Balaban J connectivity index is 1.85. The van der Waals surface area contributed by atoms with E-state index in [1.807, 2.05) is 7.05 Å². The standard InChI is InChI=1S/C13H19Cl2N3O2/c1-17-10(6-11(14)12(17)15)7-16-13(20)18-4-2-9(8-19)3-5-18/h6,9,19H,2-5,7-8H2,1H3,(H,16,20). The Morgan fingerprint density at radius 1 is 1.45 bits per heavy atom. The van der Waals surface area contributed by atoms with Crippen molar-refractivity contribution < 1.29 is 9.90 Å². The van der Waals surface area contributed by atoms with Crippen LogP contribution in [0.15, 0.2) is 6.07 Å². The number of likely N-dealkylation sites (tertiary alicyclic amines) is 1. The highest BCUT2D eigenvalue weighted by Crippen LogP contribution is 2.25. The molecule has 0 saturated carbocycles. The number of nitrogens with zero attached hydrogens (tertiary/aromatic N) is 2. The lowest BCUT2D eigenvalue weighted by atomic mass is 9.98. The molecule has 0 aliphatic carbocycles. The van der Waals surface area contributed by atoms with E-state index in [0.717, 1.165) is 18.5 Å². The summed E-state index contributed by atoms with van der Waals surface area (Å²) < 4.78 is 1.75. The molecule has 2 N–H and O–H groups in total. The van der Waals surface area contributed by atoms with Gasteiger partial charge in [-0.05, 0) is 24.8 Å². The highest BCUT2D eigenvalue weighted by atomic mass is 35.5. The average Bonchev–Trinajstić information content (AvgIpc) is 2.72. The van der Waals surface area contributed by atoms with Gasteiger partial charge in [-0.25, -0.2) is 4.79 Å². The second kappa shape index (κ2) is 6.70. The van der Waals surface area contributed by atoms with Gasteiger partial charge in [0.05, 0.1) is 11.6 Å². The first kappa shape index (κ1) is 15.5. The van der Waals surface area contributed by atoms with Crippen LogP contribution < -0.4 is 5.32 Å². The third kappa shape index (κ3) is 3.40. The van der Waals surface area contributed by atoms with Crippen LogP contribution in [0, 0.1) is 5.92 Å². The van der Waals surface area contributed by atoms with Crippen LogP contribution in [0.2, 0.25) is 10.2 Å². The van der Waals surface area contributed by atoms with E-state index >= 15 is 0 Å². The van der Waals surface area contributed by atoms with Crippen molar-refractivity contribution in [2.75, 3.05) is 19.7 Å². The fourth-order valence-corrected chi connectivity index (χ4v) is 2.77. The topological polar surface area (TPSA) is 57.5 Å². The molecule has 0 unspecified atom stereocenters. The van der Waals surface area contributed by atoms with Crippen LogP contribution in [0.25, 0.3) is 0 Å². The monoisotopic (exact) mass is 319 g/mol. The van der Waals surface area contributed by atoms with Crippen LogP contribution in [0.3, 0.4) is 0 Å². The number of hydrogen-bond acceptors (Lipinski definition) is 2. The quantitative estimate of drug-likeness (QED) is 0.897. The molecule has 7 heteroatoms. The van der Waals surface area contributed by atoms with E-state index in [4.69, 9.17) is 28.3 Å². The number of aliphatic hydroxyl groups is 1. The molecular weight excluding hydrogens is 301 g/mol. The van der Waals surface area contributed by atoms with Gasteiger partial charge in [-0.3, -0.25) is 0 Å². The summed E-state index contributed by atoms with van der Waals surface area (Å²) in [7, 11) is 1.81. The maximum absolute atomic E-state index is 12.0. The number of hydrogen-bond donors (Lipinski definition) is 2. The fraction of sp³-hybridized carbons (Fsp3) is 0.615. The minimum Gasteiger partial charge on any atom is -0.396 e. The molecule has 0 spiro atoms. The minimum absolute atomic E-state index is 0.0881. The number of aliphatic hydroxyl groups excluding tert-OH is 1. The molecule has 2 amide bonds. The van der Waals surface area contributed by atoms with Crippen LogP contribution in [0.4, 0.5) is 4.79 Å². The highest BCUT2D eigenvalue weighted by molar-refractivity contribution is 6.41. The van der Waals surface area contributed by atoms with Crippen molar-refractivity contribution in [3.05, 3.63) is 21.9 Å². The summed E-state index contributed by atoms with van der Waals surface area (Å²) in [5.74, 6) is 0.324. The number of carbonyl (C=O) groups excluding carboxylic acids is 1. The molecule has 0 bridgehead atoms. The highest BCUT2D eigenvalue weighted by Gasteiger charge is 2.22. The number of carbonyl (C=O) groups is 1. The van der Waals surface area contributed by atoms with Crippen LogP contribution >= 0.6 is 23.2 Å². The van der Waals surface area contributed by atoms with Crippen molar-refractivity contribution >= 4 is 29.2 Å². The molecule has 1 aromatic rings. The third-order valence-electron chi connectivity index (χ3n) is 3.80. The minimum atomic E-state index is -0.0881. The first-order valence-electron chi connectivity index (χ1n) is 6.66. The summed E-state index contributed by atoms with van der Waals surface area (Å²) in [4.78, 5) is 13.8. The van der Waals surface area contributed by atoms with Crippen molar-refractivity contribution in [1.29, 1.82) is 0 Å². The predicted molar refractivity (Wildman–Crippen MR) is 79.1 cm³/mol. The molecule has 112 valence electrons. The van der Waals surface area contributed by atoms with Gasteiger partial charge in [0.15, 0.2) is 0 Å². The van der Waals surface area contributed by atoms with Crippen molar-refractivity contribution in [2.45, 2.75) is 19.4 Å². The van der Waals surface area contributed by atoms with Crippen molar-refractivity contribution in [2.24, 2.45) is 13.0 Å². The van der Waals surface area contributed by atoms with E-state index in [1.165, 1.54) is 0 Å². The Bertz CT molecular complexity index is 482. The summed E-state index contributed by atoms with van der Waals surface area (Å²) in [5, 5.41) is 12.9. The Morgan fingerprint density at radius 3 is 2.60 bits per heavy atom. The predicted octanol–water partition coefficient (Wildman–Crippen LogP) is 2.25. The normalized spacial score (nSPS) is 16.5. The molecule has 2 rings (SSSR count). The largest absolute Gasteiger partial charge is 0.396 e. The van der Waals surface area contributed by atoms with Crippen LogP contribution in [0.5, 0.6) is 0 Å². The summed E-state index contributed by atoms with van der Waals surface area (Å²) in [5.41, 5.74) is 0.860. The lowest BCUT2D eigenvalue weighted by Gasteiger charge is -2.31. The zero-order valence-corrected chi connectivity index (χ0v) is 12.9. The second-order valence-corrected chi connectivity index (χ2v) is 5.87. The molecule has 1 saturated heterocycles. The maximum atomic E-state index is 12.0. The van der Waals surface area contributed by atoms with E-state index in [9.17, 15) is 4.79 Å². The maximum Gasteiger partial charge on any atom is 0.317 e. The molecular formula is C13H19Cl2N3O2. The molecule has 1 fully saturated rings. The summed E-state index contributed by atoms with van der Waals surface area (Å²) in [6, 6.07) is 1.66. The fourth-order valence-electron chi connectivity index (χ4n) is 2.36. The van der Waals surface area contributed by atoms with Crippen LogP contribution in [-0.4, -0.2) is 40.3 Å². The van der Waals surface area contributed by atoms with Gasteiger partial charge in [-0.1, -0.05) is 23.2 Å². The number of urea groups is 1. The SMILES string of the molecule is Cn1c(CNC(=O)N2CCC(CO)CC2)cc(Cl)c1Cl. The van der Waals surface area contributed by atoms with E-state index in [1.54, 1.807) is 15.5 Å². The number of aromatic nitrogens is 1. The second-order valence-electron chi connectivity index (χ2n) is 5.11. The number of halogens is 2.